The van der Waals surface area contributed by atoms with Gasteiger partial charge in [0.15, 0.2) is 5.13 Å². The fraction of sp³-hybridized carbons (Fsp3) is 0.211. The molecule has 0 aliphatic carbocycles. The van der Waals surface area contributed by atoms with Crippen molar-refractivity contribution in [2.24, 2.45) is 0 Å². The molecule has 3 aromatic rings. The van der Waals surface area contributed by atoms with Crippen molar-refractivity contribution in [3.05, 3.63) is 62.8 Å². The Hall–Kier alpha value is -2.69. The van der Waals surface area contributed by atoms with Gasteiger partial charge in [-0.2, -0.15) is 11.3 Å². The molecular formula is C19H16F2N4O2S2. The Kier molecular flexibility index (Phi) is 5.65. The number of anilines is 2. The fourth-order valence-corrected chi connectivity index (χ4v) is 4.66. The Morgan fingerprint density at radius 2 is 2.07 bits per heavy atom. The van der Waals surface area contributed by atoms with Crippen LogP contribution in [-0.4, -0.2) is 34.8 Å². The summed E-state index contributed by atoms with van der Waals surface area (Å²) in [4.78, 5) is 31.8. The Morgan fingerprint density at radius 3 is 2.83 bits per heavy atom. The number of nitrogens with zero attached hydrogens (tertiary/aromatic N) is 2. The number of aromatic nitrogens is 1. The lowest BCUT2D eigenvalue weighted by Gasteiger charge is -2.25. The average molecular weight is 434 g/mol. The maximum Gasteiger partial charge on any atom is 0.258 e. The molecule has 6 nitrogen and oxygen atoms in total. The molecule has 1 aromatic carbocycles. The van der Waals surface area contributed by atoms with Crippen LogP contribution in [0.3, 0.4) is 0 Å². The molecule has 1 aliphatic rings. The number of hydrogen-bond donors (Lipinski definition) is 2. The molecule has 0 saturated heterocycles. The Bertz CT molecular complexity index is 1050. The third kappa shape index (κ3) is 4.66. The van der Waals surface area contributed by atoms with E-state index in [0.717, 1.165) is 22.7 Å². The standard InChI is InChI=1S/C19H16F2N4O2S2/c20-12-1-2-14(13(21)7-12)22-17(26)9-25-5-3-15-16(8-25)29-19(23-15)24-18(27)11-4-6-28-10-11/h1-2,4,6-7,10H,3,5,8-9H2,(H,22,26)(H,23,24,27). The summed E-state index contributed by atoms with van der Waals surface area (Å²) in [6.07, 6.45) is 0.651. The van der Waals surface area contributed by atoms with Crippen LogP contribution in [0.2, 0.25) is 0 Å². The van der Waals surface area contributed by atoms with Gasteiger partial charge < -0.3 is 5.32 Å². The minimum absolute atomic E-state index is 0.0506. The molecule has 0 bridgehead atoms. The fourth-order valence-electron chi connectivity index (χ4n) is 2.98. The van der Waals surface area contributed by atoms with Gasteiger partial charge in [-0.15, -0.1) is 11.3 Å². The molecule has 0 radical (unpaired) electrons. The third-order valence-corrected chi connectivity index (χ3v) is 6.07. The highest BCUT2D eigenvalue weighted by atomic mass is 32.1. The van der Waals surface area contributed by atoms with Crippen molar-refractivity contribution in [3.63, 3.8) is 0 Å². The molecule has 2 N–H and O–H groups in total. The van der Waals surface area contributed by atoms with Crippen LogP contribution in [0.5, 0.6) is 0 Å². The van der Waals surface area contributed by atoms with E-state index in [0.29, 0.717) is 30.2 Å². The predicted octanol–water partition coefficient (Wildman–Crippen LogP) is 3.73. The lowest BCUT2D eigenvalue weighted by atomic mass is 10.2. The molecule has 0 fully saturated rings. The lowest BCUT2D eigenvalue weighted by molar-refractivity contribution is -0.117. The number of thiazole rings is 1. The predicted molar refractivity (Wildman–Crippen MR) is 108 cm³/mol. The topological polar surface area (TPSA) is 74.3 Å². The summed E-state index contributed by atoms with van der Waals surface area (Å²) < 4.78 is 26.7. The van der Waals surface area contributed by atoms with Crippen LogP contribution >= 0.6 is 22.7 Å². The molecule has 4 rings (SSSR count). The number of amides is 2. The molecule has 1 aliphatic heterocycles. The third-order valence-electron chi connectivity index (χ3n) is 4.39. The second-order valence-corrected chi connectivity index (χ2v) is 8.35. The molecule has 3 heterocycles. The number of halogens is 2. The first-order valence-electron chi connectivity index (χ1n) is 8.77. The number of carbonyl (C=O) groups excluding carboxylic acids is 2. The van der Waals surface area contributed by atoms with Gasteiger partial charge in [0.05, 0.1) is 23.5 Å². The Morgan fingerprint density at radius 1 is 1.21 bits per heavy atom. The van der Waals surface area contributed by atoms with Crippen LogP contribution < -0.4 is 10.6 Å². The van der Waals surface area contributed by atoms with E-state index in [2.05, 4.69) is 15.6 Å². The monoisotopic (exact) mass is 434 g/mol. The largest absolute Gasteiger partial charge is 0.322 e. The number of benzene rings is 1. The van der Waals surface area contributed by atoms with Crippen LogP contribution in [-0.2, 0) is 17.8 Å². The molecule has 10 heteroatoms. The maximum absolute atomic E-state index is 13.7. The average Bonchev–Trinajstić information content (AvgIpc) is 3.33. The van der Waals surface area contributed by atoms with Gasteiger partial charge in [0.2, 0.25) is 5.91 Å². The van der Waals surface area contributed by atoms with Crippen LogP contribution in [0.4, 0.5) is 19.6 Å². The summed E-state index contributed by atoms with van der Waals surface area (Å²) in [6.45, 7) is 1.21. The number of nitrogens with one attached hydrogen (secondary N) is 2. The van der Waals surface area contributed by atoms with Crippen molar-refractivity contribution in [3.8, 4) is 0 Å². The Balaban J connectivity index is 1.35. The van der Waals surface area contributed by atoms with Crippen molar-refractivity contribution in [1.29, 1.82) is 0 Å². The molecule has 29 heavy (non-hydrogen) atoms. The summed E-state index contributed by atoms with van der Waals surface area (Å²) in [7, 11) is 0. The highest BCUT2D eigenvalue weighted by molar-refractivity contribution is 7.16. The molecule has 0 atom stereocenters. The van der Waals surface area contributed by atoms with Gasteiger partial charge in [-0.05, 0) is 23.6 Å². The van der Waals surface area contributed by atoms with Crippen molar-refractivity contribution < 1.29 is 18.4 Å². The van der Waals surface area contributed by atoms with E-state index in [-0.39, 0.29) is 24.0 Å². The lowest BCUT2D eigenvalue weighted by Crippen LogP contribution is -2.36. The zero-order chi connectivity index (χ0) is 20.4. The number of hydrogen-bond acceptors (Lipinski definition) is 6. The van der Waals surface area contributed by atoms with E-state index in [4.69, 9.17) is 0 Å². The SMILES string of the molecule is O=C(CN1CCc2nc(NC(=O)c3ccsc3)sc2C1)Nc1ccc(F)cc1F. The number of carbonyl (C=O) groups is 2. The molecule has 150 valence electrons. The van der Waals surface area contributed by atoms with Crippen LogP contribution in [0.25, 0.3) is 0 Å². The zero-order valence-corrected chi connectivity index (χ0v) is 16.7. The molecular weight excluding hydrogens is 418 g/mol. The Labute approximate surface area is 173 Å². The van der Waals surface area contributed by atoms with E-state index in [1.165, 1.54) is 28.7 Å². The van der Waals surface area contributed by atoms with Crippen molar-refractivity contribution in [2.75, 3.05) is 23.7 Å². The first-order valence-corrected chi connectivity index (χ1v) is 10.5. The summed E-state index contributed by atoms with van der Waals surface area (Å²) in [5.74, 6) is -2.09. The zero-order valence-electron chi connectivity index (χ0n) is 15.1. The van der Waals surface area contributed by atoms with E-state index < -0.39 is 11.6 Å². The quantitative estimate of drug-likeness (QED) is 0.642. The number of thiophene rings is 1. The maximum atomic E-state index is 13.7. The molecule has 0 unspecified atom stereocenters. The van der Waals surface area contributed by atoms with E-state index >= 15 is 0 Å². The van der Waals surface area contributed by atoms with Gasteiger partial charge in [0.25, 0.3) is 5.91 Å². The van der Waals surface area contributed by atoms with Gasteiger partial charge in [-0.1, -0.05) is 0 Å². The highest BCUT2D eigenvalue weighted by Gasteiger charge is 2.23. The van der Waals surface area contributed by atoms with Gasteiger partial charge in [0.1, 0.15) is 11.6 Å². The van der Waals surface area contributed by atoms with Crippen molar-refractivity contribution >= 4 is 45.3 Å². The highest BCUT2D eigenvalue weighted by Crippen LogP contribution is 2.28. The van der Waals surface area contributed by atoms with Gasteiger partial charge in [-0.3, -0.25) is 19.8 Å². The van der Waals surface area contributed by atoms with Crippen molar-refractivity contribution in [2.45, 2.75) is 13.0 Å². The molecule has 0 saturated carbocycles. The molecule has 2 amide bonds. The summed E-state index contributed by atoms with van der Waals surface area (Å²) >= 11 is 2.83. The minimum atomic E-state index is -0.812. The second-order valence-electron chi connectivity index (χ2n) is 6.49. The second kappa shape index (κ2) is 8.36. The number of rotatable bonds is 5. The summed E-state index contributed by atoms with van der Waals surface area (Å²) in [5, 5.41) is 9.41. The van der Waals surface area contributed by atoms with Crippen LogP contribution in [0.1, 0.15) is 20.9 Å². The van der Waals surface area contributed by atoms with Gasteiger partial charge >= 0.3 is 0 Å². The van der Waals surface area contributed by atoms with Gasteiger partial charge in [0, 0.05) is 35.8 Å². The first kappa shape index (κ1) is 19.6. The first-order chi connectivity index (χ1) is 14.0. The van der Waals surface area contributed by atoms with Gasteiger partial charge in [-0.25, -0.2) is 13.8 Å². The number of fused-ring (bicyclic) bond motifs is 1. The van der Waals surface area contributed by atoms with E-state index in [1.807, 2.05) is 10.3 Å². The molecule has 2 aromatic heterocycles. The summed E-state index contributed by atoms with van der Waals surface area (Å²) in [6, 6.07) is 4.77. The van der Waals surface area contributed by atoms with E-state index in [9.17, 15) is 18.4 Å². The van der Waals surface area contributed by atoms with Crippen LogP contribution in [0.15, 0.2) is 35.0 Å². The van der Waals surface area contributed by atoms with Crippen LogP contribution in [0, 0.1) is 11.6 Å². The van der Waals surface area contributed by atoms with Crippen molar-refractivity contribution in [1.82, 2.24) is 9.88 Å². The minimum Gasteiger partial charge on any atom is -0.322 e. The molecule has 0 spiro atoms. The van der Waals surface area contributed by atoms with E-state index in [1.54, 1.807) is 11.4 Å². The smallest absolute Gasteiger partial charge is 0.258 e. The normalized spacial score (nSPS) is 13.7. The summed E-state index contributed by atoms with van der Waals surface area (Å²) in [5.41, 5.74) is 1.46.